The van der Waals surface area contributed by atoms with E-state index in [-0.39, 0.29) is 14.9 Å². The molecule has 0 amide bonds. The van der Waals surface area contributed by atoms with E-state index < -0.39 is 0 Å². The first-order chi connectivity index (χ1) is 5.74. The number of carbonyl (C=O) groups is 1. The van der Waals surface area contributed by atoms with E-state index >= 15 is 0 Å². The van der Waals surface area contributed by atoms with Gasteiger partial charge >= 0.3 is 0 Å². The highest BCUT2D eigenvalue weighted by Crippen LogP contribution is 2.48. The van der Waals surface area contributed by atoms with Crippen LogP contribution in [0.15, 0.2) is 0 Å². The molecule has 0 spiro atoms. The van der Waals surface area contributed by atoms with E-state index in [1.165, 1.54) is 19.3 Å². The third kappa shape index (κ3) is 1.85. The number of rotatable bonds is 2. The molecule has 2 aliphatic carbocycles. The van der Waals surface area contributed by atoms with Crippen LogP contribution in [0.25, 0.3) is 0 Å². The molecule has 0 radical (unpaired) electrons. The average Bonchev–Trinajstić information content (AvgIpc) is 2.60. The van der Waals surface area contributed by atoms with Crippen molar-refractivity contribution in [1.29, 1.82) is 0 Å². The second kappa shape index (κ2) is 4.92. The van der Waals surface area contributed by atoms with E-state index in [0.29, 0.717) is 23.7 Å². The summed E-state index contributed by atoms with van der Waals surface area (Å²) in [5, 5.41) is 3.31. The van der Waals surface area contributed by atoms with Crippen LogP contribution in [0.1, 0.15) is 41.0 Å². The molecule has 2 fully saturated rings. The fraction of sp³-hybridized carbons (Fsp3) is 0.917. The predicted octanol–water partition coefficient (Wildman–Crippen LogP) is 2.48. The molecule has 2 bridgehead atoms. The number of ketones is 1. The van der Waals surface area contributed by atoms with Gasteiger partial charge < -0.3 is 5.32 Å². The van der Waals surface area contributed by atoms with Crippen LogP contribution in [0, 0.1) is 17.8 Å². The Morgan fingerprint density at radius 3 is 2.21 bits per heavy atom. The molecule has 2 heteroatoms. The first-order valence-electron chi connectivity index (χ1n) is 4.91. The highest BCUT2D eigenvalue weighted by molar-refractivity contribution is 5.80. The first kappa shape index (κ1) is 13.6. The van der Waals surface area contributed by atoms with Gasteiger partial charge in [0, 0.05) is 12.0 Å². The van der Waals surface area contributed by atoms with Gasteiger partial charge in [-0.3, -0.25) is 4.79 Å². The highest BCUT2D eigenvalue weighted by Gasteiger charge is 2.48. The van der Waals surface area contributed by atoms with Gasteiger partial charge in [-0.1, -0.05) is 14.9 Å². The summed E-state index contributed by atoms with van der Waals surface area (Å²) in [5.74, 6) is 2.20. The molecule has 0 aromatic carbocycles. The van der Waals surface area contributed by atoms with Crippen molar-refractivity contribution in [2.24, 2.45) is 17.8 Å². The van der Waals surface area contributed by atoms with Gasteiger partial charge in [0.2, 0.25) is 0 Å². The predicted molar refractivity (Wildman–Crippen MR) is 61.3 cm³/mol. The van der Waals surface area contributed by atoms with Crippen molar-refractivity contribution < 1.29 is 4.79 Å². The number of carbonyl (C=O) groups excluding carboxylic acids is 1. The molecule has 2 aliphatic rings. The fourth-order valence-corrected chi connectivity index (χ4v) is 3.29. The molecule has 0 unspecified atom stereocenters. The summed E-state index contributed by atoms with van der Waals surface area (Å²) in [4.78, 5) is 11.4. The fourth-order valence-electron chi connectivity index (χ4n) is 3.29. The molecule has 1 N–H and O–H groups in total. The van der Waals surface area contributed by atoms with Gasteiger partial charge in [-0.25, -0.2) is 0 Å². The van der Waals surface area contributed by atoms with Crippen LogP contribution in [0.2, 0.25) is 0 Å². The molecule has 14 heavy (non-hydrogen) atoms. The zero-order chi connectivity index (χ0) is 8.72. The van der Waals surface area contributed by atoms with Gasteiger partial charge in [0.15, 0.2) is 0 Å². The van der Waals surface area contributed by atoms with Crippen molar-refractivity contribution in [2.75, 3.05) is 7.05 Å². The summed E-state index contributed by atoms with van der Waals surface area (Å²) in [5.41, 5.74) is 0. The zero-order valence-corrected chi connectivity index (χ0v) is 7.84. The van der Waals surface area contributed by atoms with Gasteiger partial charge in [-0.2, -0.15) is 0 Å². The van der Waals surface area contributed by atoms with Crippen molar-refractivity contribution in [1.82, 2.24) is 5.32 Å². The Bertz CT molecular complexity index is 202. The van der Waals surface area contributed by atoms with Crippen LogP contribution in [0.4, 0.5) is 0 Å². The summed E-state index contributed by atoms with van der Waals surface area (Å²) in [6, 6.07) is 0.487. The lowest BCUT2D eigenvalue weighted by Crippen LogP contribution is -2.41. The number of nitrogens with one attached hydrogen (secondary N) is 1. The van der Waals surface area contributed by atoms with Crippen LogP contribution >= 0.6 is 0 Å². The third-order valence-electron chi connectivity index (χ3n) is 3.72. The van der Waals surface area contributed by atoms with Crippen molar-refractivity contribution in [3.05, 3.63) is 0 Å². The van der Waals surface area contributed by atoms with Crippen molar-refractivity contribution in [3.8, 4) is 0 Å². The van der Waals surface area contributed by atoms with Gasteiger partial charge in [-0.05, 0) is 45.1 Å². The maximum absolute atomic E-state index is 11.4. The van der Waals surface area contributed by atoms with Crippen LogP contribution in [-0.2, 0) is 4.79 Å². The standard InChI is InChI=1S/C10H17NO.2CH4/c1-6(12)9-7-3-4-8(5-7)10(9)11-2;;/h7-11H,3-5H2,1-2H3;2*1H4/t7-,8+,9+,10-;;/m0../s1. The topological polar surface area (TPSA) is 29.1 Å². The molecule has 0 heterocycles. The smallest absolute Gasteiger partial charge is 0.134 e. The first-order valence-corrected chi connectivity index (χ1v) is 4.91. The van der Waals surface area contributed by atoms with Crippen molar-refractivity contribution in [3.63, 3.8) is 0 Å². The largest absolute Gasteiger partial charge is 0.316 e. The molecule has 0 saturated heterocycles. The summed E-state index contributed by atoms with van der Waals surface area (Å²) >= 11 is 0. The maximum Gasteiger partial charge on any atom is 0.134 e. The number of hydrogen-bond acceptors (Lipinski definition) is 2. The molecule has 0 aromatic heterocycles. The molecule has 2 nitrogen and oxygen atoms in total. The minimum atomic E-state index is 0. The maximum atomic E-state index is 11.4. The SMILES string of the molecule is C.C.CN[C@H]1[C@@H]2CC[C@@H](C2)[C@H]1C(C)=O. The second-order valence-corrected chi connectivity index (χ2v) is 4.28. The number of Topliss-reactive ketones (excluding diaryl/α,β-unsaturated/α-hetero) is 1. The minimum absolute atomic E-state index is 0. The van der Waals surface area contributed by atoms with Gasteiger partial charge in [0.05, 0.1) is 0 Å². The van der Waals surface area contributed by atoms with Crippen molar-refractivity contribution >= 4 is 5.78 Å². The third-order valence-corrected chi connectivity index (χ3v) is 3.72. The normalized spacial score (nSPS) is 38.7. The van der Waals surface area contributed by atoms with Crippen LogP contribution in [0.5, 0.6) is 0 Å². The minimum Gasteiger partial charge on any atom is -0.316 e. The Morgan fingerprint density at radius 1 is 1.21 bits per heavy atom. The summed E-state index contributed by atoms with van der Waals surface area (Å²) < 4.78 is 0. The molecule has 84 valence electrons. The Labute approximate surface area is 88.5 Å². The zero-order valence-electron chi connectivity index (χ0n) is 7.84. The Balaban J connectivity index is 0.000000845. The molecule has 2 rings (SSSR count). The summed E-state index contributed by atoms with van der Waals surface area (Å²) in [6.07, 6.45) is 3.91. The van der Waals surface area contributed by atoms with Gasteiger partial charge in [0.25, 0.3) is 0 Å². The lowest BCUT2D eigenvalue weighted by atomic mass is 9.82. The molecular formula is C12H25NO. The number of hydrogen-bond donors (Lipinski definition) is 1. The molecule has 0 aliphatic heterocycles. The molecule has 2 saturated carbocycles. The average molecular weight is 199 g/mol. The van der Waals surface area contributed by atoms with Gasteiger partial charge in [0.1, 0.15) is 5.78 Å². The van der Waals surface area contributed by atoms with E-state index in [4.69, 9.17) is 0 Å². The Hall–Kier alpha value is -0.370. The van der Waals surface area contributed by atoms with Crippen LogP contribution < -0.4 is 5.32 Å². The van der Waals surface area contributed by atoms with E-state index in [1.54, 1.807) is 6.92 Å². The van der Waals surface area contributed by atoms with Crippen molar-refractivity contribution in [2.45, 2.75) is 47.1 Å². The molecular weight excluding hydrogens is 174 g/mol. The lowest BCUT2D eigenvalue weighted by molar-refractivity contribution is -0.122. The summed E-state index contributed by atoms with van der Waals surface area (Å²) in [6.45, 7) is 1.75. The van der Waals surface area contributed by atoms with E-state index in [1.807, 2.05) is 7.05 Å². The molecule has 0 aromatic rings. The molecule has 4 atom stereocenters. The van der Waals surface area contributed by atoms with Crippen LogP contribution in [-0.4, -0.2) is 18.9 Å². The highest BCUT2D eigenvalue weighted by atomic mass is 16.1. The van der Waals surface area contributed by atoms with Gasteiger partial charge in [-0.15, -0.1) is 0 Å². The van der Waals surface area contributed by atoms with E-state index in [9.17, 15) is 4.79 Å². The summed E-state index contributed by atoms with van der Waals surface area (Å²) in [7, 11) is 1.99. The van der Waals surface area contributed by atoms with E-state index in [2.05, 4.69) is 5.32 Å². The second-order valence-electron chi connectivity index (χ2n) is 4.28. The monoisotopic (exact) mass is 199 g/mol. The lowest BCUT2D eigenvalue weighted by Gasteiger charge is -2.28. The number of fused-ring (bicyclic) bond motifs is 2. The van der Waals surface area contributed by atoms with Crippen LogP contribution in [0.3, 0.4) is 0 Å². The van der Waals surface area contributed by atoms with E-state index in [0.717, 1.165) is 5.92 Å². The Morgan fingerprint density at radius 2 is 1.79 bits per heavy atom. The Kier molecular flexibility index (Phi) is 4.79. The quantitative estimate of drug-likeness (QED) is 0.740.